The summed E-state index contributed by atoms with van der Waals surface area (Å²) in [7, 11) is 0. The summed E-state index contributed by atoms with van der Waals surface area (Å²) in [6.45, 7) is 0.422. The number of hydrogen-bond acceptors (Lipinski definition) is 3. The molecule has 0 radical (unpaired) electrons. The van der Waals surface area contributed by atoms with Crippen LogP contribution in [0.5, 0.6) is 0 Å². The monoisotopic (exact) mass is 294 g/mol. The molecule has 1 fully saturated rings. The zero-order chi connectivity index (χ0) is 13.3. The second kappa shape index (κ2) is 5.81. The zero-order valence-corrected chi connectivity index (χ0v) is 12.0. The Hall–Kier alpha value is -1.59. The summed E-state index contributed by atoms with van der Waals surface area (Å²) in [5, 5.41) is 10.9. The number of fused-ring (bicyclic) bond motifs is 1. The van der Waals surface area contributed by atoms with Crippen molar-refractivity contribution in [1.29, 1.82) is 0 Å². The molecule has 3 rings (SSSR count). The zero-order valence-electron chi connectivity index (χ0n) is 11.2. The van der Waals surface area contributed by atoms with Crippen LogP contribution in [0, 0.1) is 5.41 Å². The summed E-state index contributed by atoms with van der Waals surface area (Å²) in [6, 6.07) is 5.74. The molecule has 0 unspecified atom stereocenters. The first-order valence-corrected chi connectivity index (χ1v) is 6.68. The van der Waals surface area contributed by atoms with Gasteiger partial charge in [-0.3, -0.25) is 9.89 Å². The van der Waals surface area contributed by atoms with Crippen LogP contribution in [0.1, 0.15) is 25.7 Å². The van der Waals surface area contributed by atoms with E-state index in [-0.39, 0.29) is 23.7 Å². The molecule has 4 N–H and O–H groups in total. The van der Waals surface area contributed by atoms with Crippen molar-refractivity contribution < 1.29 is 4.79 Å². The lowest BCUT2D eigenvalue weighted by Gasteiger charge is -2.25. The minimum atomic E-state index is -0.372. The summed E-state index contributed by atoms with van der Waals surface area (Å²) in [5.74, 6) is 0.0476. The number of aromatic amines is 1. The van der Waals surface area contributed by atoms with Gasteiger partial charge in [0.2, 0.25) is 5.91 Å². The van der Waals surface area contributed by atoms with E-state index in [2.05, 4.69) is 15.5 Å². The molecule has 108 valence electrons. The van der Waals surface area contributed by atoms with E-state index < -0.39 is 0 Å². The molecule has 0 saturated heterocycles. The fraction of sp³-hybridized carbons (Fsp3) is 0.429. The quantitative estimate of drug-likeness (QED) is 0.813. The van der Waals surface area contributed by atoms with Gasteiger partial charge in [-0.05, 0) is 31.0 Å². The highest BCUT2D eigenvalue weighted by Crippen LogP contribution is 2.38. The molecule has 1 amide bonds. The van der Waals surface area contributed by atoms with Crippen molar-refractivity contribution in [3.8, 4) is 0 Å². The van der Waals surface area contributed by atoms with Gasteiger partial charge in [0.15, 0.2) is 0 Å². The lowest BCUT2D eigenvalue weighted by atomic mass is 9.85. The fourth-order valence-corrected chi connectivity index (χ4v) is 2.85. The van der Waals surface area contributed by atoms with E-state index in [9.17, 15) is 4.79 Å². The van der Waals surface area contributed by atoms with Crippen LogP contribution >= 0.6 is 12.4 Å². The first-order valence-electron chi connectivity index (χ1n) is 6.68. The van der Waals surface area contributed by atoms with Crippen LogP contribution in [0.25, 0.3) is 10.9 Å². The van der Waals surface area contributed by atoms with Crippen LogP contribution in [0.15, 0.2) is 24.4 Å². The van der Waals surface area contributed by atoms with Crippen molar-refractivity contribution in [2.75, 3.05) is 11.9 Å². The van der Waals surface area contributed by atoms with Gasteiger partial charge in [0, 0.05) is 17.6 Å². The Morgan fingerprint density at radius 2 is 2.15 bits per heavy atom. The number of aromatic nitrogens is 2. The topological polar surface area (TPSA) is 83.8 Å². The normalized spacial score (nSPS) is 16.9. The van der Waals surface area contributed by atoms with Gasteiger partial charge < -0.3 is 11.1 Å². The Morgan fingerprint density at radius 3 is 2.85 bits per heavy atom. The van der Waals surface area contributed by atoms with Crippen molar-refractivity contribution in [1.82, 2.24) is 10.2 Å². The average Bonchev–Trinajstić information content (AvgIpc) is 3.07. The number of H-pyrrole nitrogens is 1. The summed E-state index contributed by atoms with van der Waals surface area (Å²) in [4.78, 5) is 12.4. The van der Waals surface area contributed by atoms with Crippen molar-refractivity contribution in [2.45, 2.75) is 25.7 Å². The number of nitrogens with one attached hydrogen (secondary N) is 2. The Kier molecular flexibility index (Phi) is 4.30. The van der Waals surface area contributed by atoms with Crippen molar-refractivity contribution in [2.24, 2.45) is 11.1 Å². The third-order valence-corrected chi connectivity index (χ3v) is 4.13. The van der Waals surface area contributed by atoms with E-state index in [0.717, 1.165) is 42.3 Å². The molecule has 5 nitrogen and oxygen atoms in total. The van der Waals surface area contributed by atoms with Gasteiger partial charge in [0.05, 0.1) is 17.1 Å². The number of rotatable bonds is 3. The molecule has 1 heterocycles. The molecule has 1 aromatic carbocycles. The third kappa shape index (κ3) is 2.51. The van der Waals surface area contributed by atoms with Gasteiger partial charge >= 0.3 is 0 Å². The Labute approximate surface area is 123 Å². The molecule has 1 aliphatic rings. The molecular formula is C14H19ClN4O. The molecule has 0 atom stereocenters. The van der Waals surface area contributed by atoms with E-state index in [4.69, 9.17) is 5.73 Å². The van der Waals surface area contributed by atoms with Crippen molar-refractivity contribution >= 4 is 34.9 Å². The lowest BCUT2D eigenvalue weighted by Crippen LogP contribution is -2.40. The summed E-state index contributed by atoms with van der Waals surface area (Å²) >= 11 is 0. The van der Waals surface area contributed by atoms with Gasteiger partial charge in [-0.1, -0.05) is 12.8 Å². The molecule has 1 aliphatic carbocycles. The maximum atomic E-state index is 12.4. The van der Waals surface area contributed by atoms with Gasteiger partial charge in [-0.2, -0.15) is 5.10 Å². The largest absolute Gasteiger partial charge is 0.329 e. The number of anilines is 1. The summed E-state index contributed by atoms with van der Waals surface area (Å²) < 4.78 is 0. The molecular weight excluding hydrogens is 276 g/mol. The number of hydrogen-bond donors (Lipinski definition) is 3. The van der Waals surface area contributed by atoms with Crippen LogP contribution in [0.2, 0.25) is 0 Å². The molecule has 0 spiro atoms. The number of amides is 1. The van der Waals surface area contributed by atoms with Gasteiger partial charge in [-0.15, -0.1) is 12.4 Å². The fourth-order valence-electron chi connectivity index (χ4n) is 2.85. The van der Waals surface area contributed by atoms with Crippen LogP contribution < -0.4 is 11.1 Å². The molecule has 1 saturated carbocycles. The smallest absolute Gasteiger partial charge is 0.231 e. The van der Waals surface area contributed by atoms with Crippen molar-refractivity contribution in [3.05, 3.63) is 24.4 Å². The van der Waals surface area contributed by atoms with Crippen molar-refractivity contribution in [3.63, 3.8) is 0 Å². The van der Waals surface area contributed by atoms with E-state index in [0.29, 0.717) is 6.54 Å². The van der Waals surface area contributed by atoms with Crippen LogP contribution in [-0.2, 0) is 4.79 Å². The van der Waals surface area contributed by atoms with Gasteiger partial charge in [0.25, 0.3) is 0 Å². The van der Waals surface area contributed by atoms with Crippen LogP contribution in [0.3, 0.4) is 0 Å². The number of carbonyl (C=O) groups is 1. The van der Waals surface area contributed by atoms with E-state index >= 15 is 0 Å². The predicted molar refractivity (Wildman–Crippen MR) is 81.9 cm³/mol. The predicted octanol–water partition coefficient (Wildman–Crippen LogP) is 2.44. The molecule has 2 aromatic rings. The number of nitrogens with two attached hydrogens (primary N) is 1. The van der Waals surface area contributed by atoms with Crippen LogP contribution in [-0.4, -0.2) is 22.6 Å². The average molecular weight is 295 g/mol. The third-order valence-electron chi connectivity index (χ3n) is 4.13. The van der Waals surface area contributed by atoms with Gasteiger partial charge in [-0.25, -0.2) is 0 Å². The summed E-state index contributed by atoms with van der Waals surface area (Å²) in [5.41, 5.74) is 7.16. The first kappa shape index (κ1) is 14.8. The minimum Gasteiger partial charge on any atom is -0.329 e. The maximum Gasteiger partial charge on any atom is 0.231 e. The number of benzene rings is 1. The van der Waals surface area contributed by atoms with E-state index in [1.54, 1.807) is 6.20 Å². The highest BCUT2D eigenvalue weighted by atomic mass is 35.5. The summed E-state index contributed by atoms with van der Waals surface area (Å²) in [6.07, 6.45) is 5.72. The van der Waals surface area contributed by atoms with Crippen LogP contribution in [0.4, 0.5) is 5.69 Å². The highest BCUT2D eigenvalue weighted by Gasteiger charge is 2.39. The SMILES string of the molecule is Cl.NCC1(C(=O)Nc2ccc3cn[nH]c3c2)CCCC1. The molecule has 0 aliphatic heterocycles. The van der Waals surface area contributed by atoms with Gasteiger partial charge in [0.1, 0.15) is 0 Å². The second-order valence-corrected chi connectivity index (χ2v) is 5.32. The maximum absolute atomic E-state index is 12.4. The molecule has 20 heavy (non-hydrogen) atoms. The van der Waals surface area contributed by atoms with E-state index in [1.807, 2.05) is 18.2 Å². The first-order chi connectivity index (χ1) is 9.23. The van der Waals surface area contributed by atoms with E-state index in [1.165, 1.54) is 0 Å². The molecule has 1 aromatic heterocycles. The highest BCUT2D eigenvalue weighted by molar-refractivity contribution is 5.97. The molecule has 0 bridgehead atoms. The lowest BCUT2D eigenvalue weighted by molar-refractivity contribution is -0.124. The Balaban J connectivity index is 0.00000147. The number of halogens is 1. The number of nitrogens with zero attached hydrogens (tertiary/aromatic N) is 1. The minimum absolute atomic E-state index is 0. The number of carbonyl (C=O) groups excluding carboxylic acids is 1. The molecule has 6 heteroatoms. The Bertz CT molecular complexity index is 604. The standard InChI is InChI=1S/C14H18N4O.ClH/c15-9-14(5-1-2-6-14)13(19)17-11-4-3-10-8-16-18-12(10)7-11;/h3-4,7-8H,1-2,5-6,9,15H2,(H,16,18)(H,17,19);1H. The second-order valence-electron chi connectivity index (χ2n) is 5.32. The Morgan fingerprint density at radius 1 is 1.40 bits per heavy atom.